The number of furan rings is 1. The van der Waals surface area contributed by atoms with Crippen LogP contribution in [0.5, 0.6) is 0 Å². The maximum Gasteiger partial charge on any atom is 0.231 e. The fourth-order valence-corrected chi connectivity index (χ4v) is 3.11. The summed E-state index contributed by atoms with van der Waals surface area (Å²) in [4.78, 5) is 18.5. The van der Waals surface area contributed by atoms with Gasteiger partial charge in [-0.1, -0.05) is 25.2 Å². The summed E-state index contributed by atoms with van der Waals surface area (Å²) in [7, 11) is 0. The second-order valence-corrected chi connectivity index (χ2v) is 6.28. The molecule has 2 aromatic heterocycles. The van der Waals surface area contributed by atoms with Gasteiger partial charge in [0, 0.05) is 5.92 Å². The second-order valence-electron chi connectivity index (χ2n) is 5.27. The second kappa shape index (κ2) is 5.88. The topological polar surface area (TPSA) is 46.3 Å². The Kier molecular flexibility index (Phi) is 3.94. The van der Waals surface area contributed by atoms with E-state index in [9.17, 15) is 9.18 Å². The molecule has 0 N–H and O–H groups in total. The molecule has 22 heavy (non-hydrogen) atoms. The number of carbonyl (C=O) groups excluding carboxylic acids is 1. The third-order valence-corrected chi connectivity index (χ3v) is 4.27. The lowest BCUT2D eigenvalue weighted by Gasteiger charge is -2.20. The molecule has 0 radical (unpaired) electrons. The zero-order valence-corrected chi connectivity index (χ0v) is 13.1. The number of carbonyl (C=O) groups is 1. The van der Waals surface area contributed by atoms with Gasteiger partial charge in [0.25, 0.3) is 0 Å². The van der Waals surface area contributed by atoms with E-state index in [1.807, 2.05) is 19.9 Å². The first-order chi connectivity index (χ1) is 10.5. The van der Waals surface area contributed by atoms with E-state index in [0.717, 1.165) is 4.70 Å². The number of halogens is 1. The number of hydrogen-bond donors (Lipinski definition) is 0. The zero-order valence-electron chi connectivity index (χ0n) is 12.2. The Morgan fingerprint density at radius 2 is 2.23 bits per heavy atom. The Hall–Kier alpha value is -2.21. The number of amides is 1. The van der Waals surface area contributed by atoms with Crippen LogP contribution in [0.3, 0.4) is 0 Å². The van der Waals surface area contributed by atoms with Crippen molar-refractivity contribution < 1.29 is 13.6 Å². The van der Waals surface area contributed by atoms with Crippen LogP contribution in [0.4, 0.5) is 9.52 Å². The highest BCUT2D eigenvalue weighted by molar-refractivity contribution is 7.22. The summed E-state index contributed by atoms with van der Waals surface area (Å²) in [6.45, 7) is 3.99. The molecule has 0 aliphatic carbocycles. The Labute approximate surface area is 131 Å². The van der Waals surface area contributed by atoms with E-state index < -0.39 is 0 Å². The molecular formula is C16H15FN2O2S. The van der Waals surface area contributed by atoms with Crippen LogP contribution in [0.15, 0.2) is 41.0 Å². The maximum atomic E-state index is 13.3. The van der Waals surface area contributed by atoms with Crippen LogP contribution >= 0.6 is 11.3 Å². The largest absolute Gasteiger partial charge is 0.467 e. The molecule has 0 fully saturated rings. The predicted octanol–water partition coefficient (Wildman–Crippen LogP) is 4.22. The molecule has 3 rings (SSSR count). The molecule has 0 aliphatic heterocycles. The van der Waals surface area contributed by atoms with Crippen molar-refractivity contribution in [2.24, 2.45) is 5.92 Å². The van der Waals surface area contributed by atoms with Gasteiger partial charge in [-0.25, -0.2) is 9.37 Å². The van der Waals surface area contributed by atoms with E-state index in [0.29, 0.717) is 23.0 Å². The molecule has 0 saturated heterocycles. The summed E-state index contributed by atoms with van der Waals surface area (Å²) in [6.07, 6.45) is 1.57. The minimum absolute atomic E-state index is 0.0454. The van der Waals surface area contributed by atoms with Crippen LogP contribution in [-0.4, -0.2) is 10.9 Å². The third kappa shape index (κ3) is 2.87. The van der Waals surface area contributed by atoms with E-state index in [1.54, 1.807) is 23.3 Å². The summed E-state index contributed by atoms with van der Waals surface area (Å²) in [5.74, 6) is 0.157. The van der Waals surface area contributed by atoms with Crippen molar-refractivity contribution in [2.45, 2.75) is 20.4 Å². The molecule has 2 heterocycles. The third-order valence-electron chi connectivity index (χ3n) is 3.22. The molecule has 3 aromatic rings. The lowest BCUT2D eigenvalue weighted by atomic mass is 10.2. The van der Waals surface area contributed by atoms with Gasteiger partial charge in [-0.3, -0.25) is 9.69 Å². The molecule has 0 atom stereocenters. The molecule has 1 aromatic carbocycles. The number of aromatic nitrogens is 1. The van der Waals surface area contributed by atoms with Crippen molar-refractivity contribution in [3.63, 3.8) is 0 Å². The number of benzene rings is 1. The van der Waals surface area contributed by atoms with Crippen molar-refractivity contribution in [1.82, 2.24) is 4.98 Å². The van der Waals surface area contributed by atoms with Crippen molar-refractivity contribution >= 4 is 32.6 Å². The highest BCUT2D eigenvalue weighted by Crippen LogP contribution is 2.31. The van der Waals surface area contributed by atoms with E-state index >= 15 is 0 Å². The minimum Gasteiger partial charge on any atom is -0.467 e. The van der Waals surface area contributed by atoms with Gasteiger partial charge in [0.2, 0.25) is 5.91 Å². The molecule has 4 nitrogen and oxygen atoms in total. The maximum absolute atomic E-state index is 13.3. The average molecular weight is 318 g/mol. The minimum atomic E-state index is -0.310. The van der Waals surface area contributed by atoms with E-state index in [1.165, 1.54) is 23.5 Å². The number of hydrogen-bond acceptors (Lipinski definition) is 4. The number of fused-ring (bicyclic) bond motifs is 1. The van der Waals surface area contributed by atoms with Gasteiger partial charge in [-0.15, -0.1) is 0 Å². The SMILES string of the molecule is CC(C)C(=O)N(Cc1ccco1)c1nc2ccc(F)cc2s1. The van der Waals surface area contributed by atoms with E-state index in [-0.39, 0.29) is 17.6 Å². The zero-order chi connectivity index (χ0) is 15.7. The standard InChI is InChI=1S/C16H15FN2O2S/c1-10(2)15(20)19(9-12-4-3-7-21-12)16-18-13-6-5-11(17)8-14(13)22-16/h3-8,10H,9H2,1-2H3. The van der Waals surface area contributed by atoms with Crippen LogP contribution in [0.25, 0.3) is 10.2 Å². The van der Waals surface area contributed by atoms with E-state index in [2.05, 4.69) is 4.98 Å². The molecule has 0 aliphatic rings. The average Bonchev–Trinajstić information content (AvgIpc) is 3.12. The van der Waals surface area contributed by atoms with Crippen molar-refractivity contribution in [3.05, 3.63) is 48.2 Å². The number of nitrogens with zero attached hydrogens (tertiary/aromatic N) is 2. The fraction of sp³-hybridized carbons (Fsp3) is 0.250. The Bertz CT molecular complexity index is 796. The normalized spacial score (nSPS) is 11.3. The lowest BCUT2D eigenvalue weighted by molar-refractivity contribution is -0.121. The van der Waals surface area contributed by atoms with Gasteiger partial charge in [0.1, 0.15) is 11.6 Å². The Balaban J connectivity index is 2.00. The first kappa shape index (κ1) is 14.7. The summed E-state index contributed by atoms with van der Waals surface area (Å²) in [6, 6.07) is 8.01. The van der Waals surface area contributed by atoms with Crippen LogP contribution in [-0.2, 0) is 11.3 Å². The highest BCUT2D eigenvalue weighted by Gasteiger charge is 2.23. The molecule has 0 unspecified atom stereocenters. The summed E-state index contributed by atoms with van der Waals surface area (Å²) >= 11 is 1.30. The lowest BCUT2D eigenvalue weighted by Crippen LogP contribution is -2.33. The molecular weight excluding hydrogens is 303 g/mol. The molecule has 0 spiro atoms. The summed E-state index contributed by atoms with van der Waals surface area (Å²) < 4.78 is 19.4. The van der Waals surface area contributed by atoms with Gasteiger partial charge in [0.15, 0.2) is 5.13 Å². The molecule has 1 amide bonds. The Morgan fingerprint density at radius 3 is 2.91 bits per heavy atom. The van der Waals surface area contributed by atoms with Crippen LogP contribution in [0.2, 0.25) is 0 Å². The fourth-order valence-electron chi connectivity index (χ4n) is 2.11. The van der Waals surface area contributed by atoms with E-state index in [4.69, 9.17) is 4.42 Å². The van der Waals surface area contributed by atoms with Crippen molar-refractivity contribution in [3.8, 4) is 0 Å². The highest BCUT2D eigenvalue weighted by atomic mass is 32.1. The Morgan fingerprint density at radius 1 is 1.41 bits per heavy atom. The van der Waals surface area contributed by atoms with Crippen LogP contribution in [0.1, 0.15) is 19.6 Å². The number of thiazole rings is 1. The van der Waals surface area contributed by atoms with Crippen LogP contribution in [0, 0.1) is 11.7 Å². The molecule has 0 bridgehead atoms. The molecule has 6 heteroatoms. The van der Waals surface area contributed by atoms with Gasteiger partial charge in [0.05, 0.1) is 23.0 Å². The van der Waals surface area contributed by atoms with Gasteiger partial charge in [-0.05, 0) is 30.3 Å². The van der Waals surface area contributed by atoms with Crippen molar-refractivity contribution in [1.29, 1.82) is 0 Å². The number of rotatable bonds is 4. The van der Waals surface area contributed by atoms with Gasteiger partial charge < -0.3 is 4.42 Å². The van der Waals surface area contributed by atoms with Crippen LogP contribution < -0.4 is 4.90 Å². The smallest absolute Gasteiger partial charge is 0.231 e. The molecule has 0 saturated carbocycles. The predicted molar refractivity (Wildman–Crippen MR) is 84.3 cm³/mol. The van der Waals surface area contributed by atoms with Gasteiger partial charge in [-0.2, -0.15) is 0 Å². The summed E-state index contributed by atoms with van der Waals surface area (Å²) in [5.41, 5.74) is 0.683. The van der Waals surface area contributed by atoms with Gasteiger partial charge >= 0.3 is 0 Å². The summed E-state index contributed by atoms with van der Waals surface area (Å²) in [5, 5.41) is 0.552. The first-order valence-corrected chi connectivity index (χ1v) is 7.76. The quantitative estimate of drug-likeness (QED) is 0.723. The molecule has 114 valence electrons. The first-order valence-electron chi connectivity index (χ1n) is 6.94. The monoisotopic (exact) mass is 318 g/mol. The number of anilines is 1. The van der Waals surface area contributed by atoms with Crippen molar-refractivity contribution in [2.75, 3.05) is 4.90 Å².